The van der Waals surface area contributed by atoms with E-state index < -0.39 is 0 Å². The normalized spacial score (nSPS) is 16.9. The van der Waals surface area contributed by atoms with Gasteiger partial charge in [-0.2, -0.15) is 0 Å². The number of hydrogen-bond acceptors (Lipinski definition) is 2. The highest BCUT2D eigenvalue weighted by molar-refractivity contribution is 5.78. The van der Waals surface area contributed by atoms with Gasteiger partial charge < -0.3 is 10.6 Å². The summed E-state index contributed by atoms with van der Waals surface area (Å²) in [6.07, 6.45) is 1.07. The van der Waals surface area contributed by atoms with Crippen molar-refractivity contribution in [1.29, 1.82) is 0 Å². The highest BCUT2D eigenvalue weighted by atomic mass is 15.1. The van der Waals surface area contributed by atoms with Crippen LogP contribution in [0.25, 0.3) is 11.1 Å². The first-order valence-electron chi connectivity index (χ1n) is 6.58. The van der Waals surface area contributed by atoms with Gasteiger partial charge in [0.1, 0.15) is 0 Å². The number of nitrogens with one attached hydrogen (secondary N) is 2. The van der Waals surface area contributed by atoms with E-state index in [4.69, 9.17) is 0 Å². The molecule has 1 aliphatic heterocycles. The van der Waals surface area contributed by atoms with Crippen molar-refractivity contribution >= 4 is 5.69 Å². The number of rotatable bonds is 2. The maximum atomic E-state index is 3.57. The summed E-state index contributed by atoms with van der Waals surface area (Å²) in [5.74, 6) is 0. The van der Waals surface area contributed by atoms with E-state index in [1.54, 1.807) is 0 Å². The third-order valence-corrected chi connectivity index (χ3v) is 3.95. The van der Waals surface area contributed by atoms with Crippen LogP contribution in [0.5, 0.6) is 0 Å². The molecule has 1 heterocycles. The Hall–Kier alpha value is -1.80. The molecular weight excluding hydrogens is 220 g/mol. The minimum absolute atomic E-state index is 0.604. The molecule has 2 heteroatoms. The monoisotopic (exact) mass is 236 g/mol. The van der Waals surface area contributed by atoms with E-state index in [1.807, 2.05) is 0 Å². The van der Waals surface area contributed by atoms with Crippen molar-refractivity contribution in [2.75, 3.05) is 18.4 Å². The van der Waals surface area contributed by atoms with Gasteiger partial charge in [-0.3, -0.25) is 0 Å². The predicted octanol–water partition coefficient (Wildman–Crippen LogP) is 2.64. The molecule has 1 aliphatic carbocycles. The standard InChI is InChI=1S/C16H16N2/c1-2-4-15-11(3-1)7-12-8-13(5-6-16(12)15)18-14-9-17-10-14/h1-6,8,14,17-18H,7,9-10H2. The molecule has 2 nitrogen and oxygen atoms in total. The predicted molar refractivity (Wildman–Crippen MR) is 75.0 cm³/mol. The van der Waals surface area contributed by atoms with Gasteiger partial charge in [0.15, 0.2) is 0 Å². The average molecular weight is 236 g/mol. The first-order chi connectivity index (χ1) is 8.90. The van der Waals surface area contributed by atoms with E-state index in [0.29, 0.717) is 6.04 Å². The fourth-order valence-corrected chi connectivity index (χ4v) is 2.86. The molecule has 0 saturated carbocycles. The van der Waals surface area contributed by atoms with Crippen LogP contribution >= 0.6 is 0 Å². The minimum Gasteiger partial charge on any atom is -0.380 e. The molecule has 0 unspecified atom stereocenters. The largest absolute Gasteiger partial charge is 0.380 e. The second-order valence-electron chi connectivity index (χ2n) is 5.21. The minimum atomic E-state index is 0.604. The van der Waals surface area contributed by atoms with Crippen LogP contribution in [0.2, 0.25) is 0 Å². The molecule has 0 atom stereocenters. The first-order valence-corrected chi connectivity index (χ1v) is 6.58. The molecule has 2 aromatic carbocycles. The molecule has 0 bridgehead atoms. The van der Waals surface area contributed by atoms with Gasteiger partial charge in [-0.1, -0.05) is 30.3 Å². The van der Waals surface area contributed by atoms with Crippen LogP contribution in [0.15, 0.2) is 42.5 Å². The van der Waals surface area contributed by atoms with Gasteiger partial charge >= 0.3 is 0 Å². The molecule has 2 aliphatic rings. The Morgan fingerprint density at radius 3 is 2.61 bits per heavy atom. The van der Waals surface area contributed by atoms with Crippen LogP contribution in [0.3, 0.4) is 0 Å². The number of hydrogen-bond donors (Lipinski definition) is 2. The summed E-state index contributed by atoms with van der Waals surface area (Å²) in [6.45, 7) is 2.16. The van der Waals surface area contributed by atoms with Crippen LogP contribution in [0, 0.1) is 0 Å². The van der Waals surface area contributed by atoms with Crippen molar-refractivity contribution in [2.45, 2.75) is 12.5 Å². The lowest BCUT2D eigenvalue weighted by Gasteiger charge is -2.29. The fourth-order valence-electron chi connectivity index (χ4n) is 2.86. The lowest BCUT2D eigenvalue weighted by atomic mass is 10.0. The average Bonchev–Trinajstić information content (AvgIpc) is 2.71. The van der Waals surface area contributed by atoms with E-state index in [0.717, 1.165) is 19.5 Å². The Morgan fingerprint density at radius 2 is 1.78 bits per heavy atom. The van der Waals surface area contributed by atoms with Gasteiger partial charge in [-0.25, -0.2) is 0 Å². The van der Waals surface area contributed by atoms with E-state index in [2.05, 4.69) is 53.1 Å². The van der Waals surface area contributed by atoms with Crippen LogP contribution in [-0.4, -0.2) is 19.1 Å². The SMILES string of the molecule is c1ccc2c(c1)Cc1cc(NC3CNC3)ccc1-2. The van der Waals surface area contributed by atoms with E-state index in [-0.39, 0.29) is 0 Å². The number of benzene rings is 2. The third kappa shape index (κ3) is 1.53. The zero-order valence-corrected chi connectivity index (χ0v) is 10.2. The smallest absolute Gasteiger partial charge is 0.0510 e. The zero-order chi connectivity index (χ0) is 11.9. The van der Waals surface area contributed by atoms with Crippen LogP contribution < -0.4 is 10.6 Å². The summed E-state index contributed by atoms with van der Waals surface area (Å²) in [5.41, 5.74) is 6.98. The van der Waals surface area contributed by atoms with Crippen LogP contribution in [0.4, 0.5) is 5.69 Å². The maximum Gasteiger partial charge on any atom is 0.0510 e. The maximum absolute atomic E-state index is 3.57. The van der Waals surface area contributed by atoms with Crippen molar-refractivity contribution in [3.8, 4) is 11.1 Å². The van der Waals surface area contributed by atoms with E-state index in [1.165, 1.54) is 27.9 Å². The number of fused-ring (bicyclic) bond motifs is 3. The Bertz CT molecular complexity index is 600. The molecule has 18 heavy (non-hydrogen) atoms. The Labute approximate surface area is 107 Å². The van der Waals surface area contributed by atoms with Crippen molar-refractivity contribution in [3.63, 3.8) is 0 Å². The molecule has 0 radical (unpaired) electrons. The fraction of sp³-hybridized carbons (Fsp3) is 0.250. The topological polar surface area (TPSA) is 24.1 Å². The van der Waals surface area contributed by atoms with Crippen molar-refractivity contribution in [1.82, 2.24) is 5.32 Å². The molecule has 90 valence electrons. The number of anilines is 1. The molecule has 0 aromatic heterocycles. The summed E-state index contributed by atoms with van der Waals surface area (Å²) in [7, 11) is 0. The Morgan fingerprint density at radius 1 is 0.944 bits per heavy atom. The van der Waals surface area contributed by atoms with E-state index >= 15 is 0 Å². The van der Waals surface area contributed by atoms with Crippen molar-refractivity contribution in [3.05, 3.63) is 53.6 Å². The lowest BCUT2D eigenvalue weighted by Crippen LogP contribution is -2.51. The molecule has 2 N–H and O–H groups in total. The van der Waals surface area contributed by atoms with Crippen molar-refractivity contribution < 1.29 is 0 Å². The van der Waals surface area contributed by atoms with Gasteiger partial charge in [-0.05, 0) is 40.8 Å². The highest BCUT2D eigenvalue weighted by Crippen LogP contribution is 2.37. The summed E-state index contributed by atoms with van der Waals surface area (Å²) in [5, 5.41) is 6.86. The summed E-state index contributed by atoms with van der Waals surface area (Å²) in [4.78, 5) is 0. The molecule has 0 spiro atoms. The van der Waals surface area contributed by atoms with E-state index in [9.17, 15) is 0 Å². The van der Waals surface area contributed by atoms with Gasteiger partial charge in [0.05, 0.1) is 6.04 Å². The zero-order valence-electron chi connectivity index (χ0n) is 10.2. The molecule has 1 saturated heterocycles. The highest BCUT2D eigenvalue weighted by Gasteiger charge is 2.20. The second-order valence-corrected chi connectivity index (χ2v) is 5.21. The summed E-state index contributed by atoms with van der Waals surface area (Å²) < 4.78 is 0. The molecule has 1 fully saturated rings. The summed E-state index contributed by atoms with van der Waals surface area (Å²) >= 11 is 0. The van der Waals surface area contributed by atoms with Crippen LogP contribution in [-0.2, 0) is 6.42 Å². The van der Waals surface area contributed by atoms with Gasteiger partial charge in [0.25, 0.3) is 0 Å². The molecular formula is C16H16N2. The third-order valence-electron chi connectivity index (χ3n) is 3.95. The van der Waals surface area contributed by atoms with Gasteiger partial charge in [0.2, 0.25) is 0 Å². The van der Waals surface area contributed by atoms with Gasteiger partial charge in [-0.15, -0.1) is 0 Å². The lowest BCUT2D eigenvalue weighted by molar-refractivity contribution is 0.472. The first kappa shape index (κ1) is 10.2. The Balaban J connectivity index is 1.68. The quantitative estimate of drug-likeness (QED) is 0.714. The van der Waals surface area contributed by atoms with Gasteiger partial charge in [0, 0.05) is 18.8 Å². The summed E-state index contributed by atoms with van der Waals surface area (Å²) in [6, 6.07) is 16.1. The molecule has 4 rings (SSSR count). The van der Waals surface area contributed by atoms with Crippen molar-refractivity contribution in [2.24, 2.45) is 0 Å². The molecule has 2 aromatic rings. The second kappa shape index (κ2) is 3.85. The Kier molecular flexibility index (Phi) is 2.17. The molecule has 0 amide bonds. The van der Waals surface area contributed by atoms with Crippen LogP contribution in [0.1, 0.15) is 11.1 Å².